The first-order chi connectivity index (χ1) is 6.27. The molecule has 1 heterocycles. The van der Waals surface area contributed by atoms with Crippen molar-refractivity contribution in [2.24, 2.45) is 0 Å². The Labute approximate surface area is 78.0 Å². The highest BCUT2D eigenvalue weighted by atomic mass is 15.1. The number of aromatic nitrogens is 2. The van der Waals surface area contributed by atoms with Gasteiger partial charge in [0, 0.05) is 5.39 Å². The van der Waals surface area contributed by atoms with Gasteiger partial charge in [0.25, 0.3) is 0 Å². The van der Waals surface area contributed by atoms with Gasteiger partial charge >= 0.3 is 0 Å². The van der Waals surface area contributed by atoms with Crippen molar-refractivity contribution in [3.05, 3.63) is 23.8 Å². The molecule has 0 atom stereocenters. The van der Waals surface area contributed by atoms with Gasteiger partial charge in [0.15, 0.2) is 5.82 Å². The molecule has 70 valence electrons. The predicted octanol–water partition coefficient (Wildman–Crippen LogP) is 2.48. The first-order valence-corrected chi connectivity index (χ1v) is 4.47. The zero-order chi connectivity index (χ0) is 9.84. The van der Waals surface area contributed by atoms with E-state index in [1.54, 1.807) is 0 Å². The second-order valence-electron chi connectivity index (χ2n) is 2.66. The summed E-state index contributed by atoms with van der Waals surface area (Å²) >= 11 is 0. The van der Waals surface area contributed by atoms with E-state index in [0.717, 1.165) is 10.9 Å². The molecule has 3 heteroatoms. The number of nitrogens with zero attached hydrogens (tertiary/aromatic N) is 1. The maximum absolute atomic E-state index is 5.60. The molecule has 0 aliphatic heterocycles. The van der Waals surface area contributed by atoms with E-state index in [1.807, 2.05) is 39.0 Å². The van der Waals surface area contributed by atoms with Crippen molar-refractivity contribution in [3.8, 4) is 0 Å². The summed E-state index contributed by atoms with van der Waals surface area (Å²) in [6.45, 7) is 6.03. The highest BCUT2D eigenvalue weighted by molar-refractivity contribution is 5.88. The predicted molar refractivity (Wildman–Crippen MR) is 56.6 cm³/mol. The van der Waals surface area contributed by atoms with Crippen molar-refractivity contribution in [2.75, 3.05) is 5.73 Å². The molecule has 0 aliphatic rings. The number of nitrogens with one attached hydrogen (secondary N) is 1. The van der Waals surface area contributed by atoms with Gasteiger partial charge in [-0.3, -0.25) is 5.10 Å². The van der Waals surface area contributed by atoms with E-state index in [9.17, 15) is 0 Å². The molecule has 2 rings (SSSR count). The third-order valence-electron chi connectivity index (χ3n) is 1.75. The van der Waals surface area contributed by atoms with Crippen LogP contribution in [0.1, 0.15) is 19.4 Å². The lowest BCUT2D eigenvalue weighted by Crippen LogP contribution is -1.83. The molecule has 0 saturated carbocycles. The molecule has 0 aliphatic carbocycles. The van der Waals surface area contributed by atoms with Gasteiger partial charge < -0.3 is 5.73 Å². The van der Waals surface area contributed by atoms with E-state index in [4.69, 9.17) is 5.73 Å². The Morgan fingerprint density at radius 3 is 2.69 bits per heavy atom. The summed E-state index contributed by atoms with van der Waals surface area (Å²) in [5, 5.41) is 7.73. The number of hydrogen-bond acceptors (Lipinski definition) is 2. The highest BCUT2D eigenvalue weighted by Crippen LogP contribution is 2.18. The topological polar surface area (TPSA) is 54.7 Å². The van der Waals surface area contributed by atoms with Crippen molar-refractivity contribution in [2.45, 2.75) is 20.8 Å². The van der Waals surface area contributed by atoms with Crippen LogP contribution in [0.15, 0.2) is 18.2 Å². The summed E-state index contributed by atoms with van der Waals surface area (Å²) in [4.78, 5) is 0. The number of aromatic amines is 1. The third-order valence-corrected chi connectivity index (χ3v) is 1.75. The minimum atomic E-state index is 0.573. The second kappa shape index (κ2) is 3.94. The first kappa shape index (κ1) is 9.58. The Balaban J connectivity index is 0.000000396. The number of nitrogens with two attached hydrogens (primary N) is 1. The van der Waals surface area contributed by atoms with E-state index in [2.05, 4.69) is 10.2 Å². The average Bonchev–Trinajstić information content (AvgIpc) is 2.52. The van der Waals surface area contributed by atoms with E-state index >= 15 is 0 Å². The molecule has 0 spiro atoms. The summed E-state index contributed by atoms with van der Waals surface area (Å²) in [6, 6.07) is 6.03. The van der Waals surface area contributed by atoms with E-state index < -0.39 is 0 Å². The molecule has 0 unspecified atom stereocenters. The van der Waals surface area contributed by atoms with E-state index in [1.165, 1.54) is 5.56 Å². The number of fused-ring (bicyclic) bond motifs is 1. The second-order valence-corrected chi connectivity index (χ2v) is 2.66. The molecule has 13 heavy (non-hydrogen) atoms. The standard InChI is InChI=1S/C8H9N3.C2H6/c1-5-2-3-7-6(4-5)8(9)11-10-7;1-2/h2-4H,1H3,(H3,9,10,11);1-2H3. The SMILES string of the molecule is CC.Cc1ccc2[nH]nc(N)c2c1. The van der Waals surface area contributed by atoms with Crippen LogP contribution in [0.5, 0.6) is 0 Å². The van der Waals surface area contributed by atoms with Gasteiger partial charge in [-0.05, 0) is 19.1 Å². The first-order valence-electron chi connectivity index (χ1n) is 4.47. The van der Waals surface area contributed by atoms with Crippen molar-refractivity contribution in [1.29, 1.82) is 0 Å². The number of hydrogen-bond donors (Lipinski definition) is 2. The molecule has 3 nitrogen and oxygen atoms in total. The van der Waals surface area contributed by atoms with Crippen molar-refractivity contribution >= 4 is 16.7 Å². The van der Waals surface area contributed by atoms with Crippen LogP contribution >= 0.6 is 0 Å². The van der Waals surface area contributed by atoms with Crippen LogP contribution < -0.4 is 5.73 Å². The van der Waals surface area contributed by atoms with Crippen LogP contribution in [0.2, 0.25) is 0 Å². The quantitative estimate of drug-likeness (QED) is 0.649. The largest absolute Gasteiger partial charge is 0.382 e. The van der Waals surface area contributed by atoms with Crippen LogP contribution in [0.4, 0.5) is 5.82 Å². The average molecular weight is 177 g/mol. The monoisotopic (exact) mass is 177 g/mol. The molecule has 0 fully saturated rings. The minimum absolute atomic E-state index is 0.573. The van der Waals surface area contributed by atoms with Gasteiger partial charge in [-0.15, -0.1) is 0 Å². The van der Waals surface area contributed by atoms with Gasteiger partial charge in [0.2, 0.25) is 0 Å². The highest BCUT2D eigenvalue weighted by Gasteiger charge is 1.99. The molecule has 0 saturated heterocycles. The van der Waals surface area contributed by atoms with Gasteiger partial charge in [0.05, 0.1) is 5.52 Å². The van der Waals surface area contributed by atoms with Crippen LogP contribution in [-0.2, 0) is 0 Å². The van der Waals surface area contributed by atoms with Crippen molar-refractivity contribution in [3.63, 3.8) is 0 Å². The Kier molecular flexibility index (Phi) is 2.90. The molecule has 0 radical (unpaired) electrons. The fraction of sp³-hybridized carbons (Fsp3) is 0.300. The summed E-state index contributed by atoms with van der Waals surface area (Å²) in [5.41, 5.74) is 7.80. The van der Waals surface area contributed by atoms with Gasteiger partial charge in [-0.1, -0.05) is 25.5 Å². The molecule has 3 N–H and O–H groups in total. The normalized spacial score (nSPS) is 9.46. The van der Waals surface area contributed by atoms with Crippen molar-refractivity contribution < 1.29 is 0 Å². The number of aryl methyl sites for hydroxylation is 1. The fourth-order valence-electron chi connectivity index (χ4n) is 1.15. The lowest BCUT2D eigenvalue weighted by Gasteiger charge is -1.91. The lowest BCUT2D eigenvalue weighted by molar-refractivity contribution is 1.13. The van der Waals surface area contributed by atoms with Gasteiger partial charge in [-0.2, -0.15) is 5.10 Å². The molecule has 1 aromatic carbocycles. The molecular weight excluding hydrogens is 162 g/mol. The molecule has 1 aromatic heterocycles. The summed E-state index contributed by atoms with van der Waals surface area (Å²) in [7, 11) is 0. The Morgan fingerprint density at radius 1 is 1.31 bits per heavy atom. The van der Waals surface area contributed by atoms with E-state index in [0.29, 0.717) is 5.82 Å². The zero-order valence-corrected chi connectivity index (χ0v) is 8.26. The minimum Gasteiger partial charge on any atom is -0.382 e. The maximum atomic E-state index is 5.60. The van der Waals surface area contributed by atoms with Crippen LogP contribution in [-0.4, -0.2) is 10.2 Å². The third kappa shape index (κ3) is 1.80. The molecule has 0 amide bonds. The van der Waals surface area contributed by atoms with Crippen LogP contribution in [0.25, 0.3) is 10.9 Å². The maximum Gasteiger partial charge on any atom is 0.153 e. The summed E-state index contributed by atoms with van der Waals surface area (Å²) < 4.78 is 0. The lowest BCUT2D eigenvalue weighted by atomic mass is 10.2. The fourth-order valence-corrected chi connectivity index (χ4v) is 1.15. The number of anilines is 1. The zero-order valence-electron chi connectivity index (χ0n) is 8.26. The van der Waals surface area contributed by atoms with Crippen molar-refractivity contribution in [1.82, 2.24) is 10.2 Å². The molecule has 0 bridgehead atoms. The molecule has 2 aromatic rings. The Morgan fingerprint density at radius 2 is 2.00 bits per heavy atom. The van der Waals surface area contributed by atoms with Gasteiger partial charge in [-0.25, -0.2) is 0 Å². The number of benzene rings is 1. The van der Waals surface area contributed by atoms with Crippen LogP contribution in [0, 0.1) is 6.92 Å². The summed E-state index contributed by atoms with van der Waals surface area (Å²) in [5.74, 6) is 0.573. The Hall–Kier alpha value is -1.51. The number of H-pyrrole nitrogens is 1. The smallest absolute Gasteiger partial charge is 0.153 e. The molecular formula is C10H15N3. The van der Waals surface area contributed by atoms with Crippen LogP contribution in [0.3, 0.4) is 0 Å². The number of nitrogen functional groups attached to an aromatic ring is 1. The van der Waals surface area contributed by atoms with Gasteiger partial charge in [0.1, 0.15) is 0 Å². The summed E-state index contributed by atoms with van der Waals surface area (Å²) in [6.07, 6.45) is 0. The van der Waals surface area contributed by atoms with E-state index in [-0.39, 0.29) is 0 Å². The number of rotatable bonds is 0. The Bertz CT molecular complexity index is 390.